The molecule has 2 rings (SSSR count). The first-order valence-corrected chi connectivity index (χ1v) is 10.4. The monoisotopic (exact) mass is 421 g/mol. The van der Waals surface area contributed by atoms with Crippen molar-refractivity contribution in [2.24, 2.45) is 0 Å². The zero-order valence-corrected chi connectivity index (χ0v) is 18.1. The highest BCUT2D eigenvalue weighted by Gasteiger charge is 2.21. The molecule has 0 radical (unpaired) electrons. The van der Waals surface area contributed by atoms with Crippen molar-refractivity contribution in [2.45, 2.75) is 10.9 Å². The number of rotatable bonds is 9. The van der Waals surface area contributed by atoms with Crippen LogP contribution in [0.25, 0.3) is 0 Å². The Morgan fingerprint density at radius 1 is 1.07 bits per heavy atom. The summed E-state index contributed by atoms with van der Waals surface area (Å²) in [6.07, 6.45) is 0. The van der Waals surface area contributed by atoms with Crippen molar-refractivity contribution in [1.82, 2.24) is 14.7 Å². The van der Waals surface area contributed by atoms with Crippen molar-refractivity contribution < 1.29 is 22.8 Å². The van der Waals surface area contributed by atoms with Crippen LogP contribution in [0.5, 0.6) is 5.75 Å². The van der Waals surface area contributed by atoms with Crippen LogP contribution in [-0.2, 0) is 14.9 Å². The molecule has 1 unspecified atom stereocenters. The van der Waals surface area contributed by atoms with E-state index in [4.69, 9.17) is 9.57 Å². The fraction of sp³-hybridized carbons (Fsp3) is 0.350. The van der Waals surface area contributed by atoms with Crippen LogP contribution >= 0.6 is 0 Å². The molecule has 8 nitrogen and oxygen atoms in total. The minimum atomic E-state index is -3.75. The highest BCUT2D eigenvalue weighted by molar-refractivity contribution is 7.89. The van der Waals surface area contributed by atoms with E-state index in [1.54, 1.807) is 7.11 Å². The van der Waals surface area contributed by atoms with Crippen molar-refractivity contribution in [3.8, 4) is 5.75 Å². The molecule has 0 aliphatic carbocycles. The third kappa shape index (κ3) is 5.54. The number of benzene rings is 2. The smallest absolute Gasteiger partial charge is 0.264 e. The molecule has 9 heteroatoms. The maximum atomic E-state index is 12.5. The summed E-state index contributed by atoms with van der Waals surface area (Å²) in [5.41, 5.74) is 1.38. The summed E-state index contributed by atoms with van der Waals surface area (Å²) < 4.78 is 30.5. The third-order valence-electron chi connectivity index (χ3n) is 4.57. The number of ether oxygens (including phenoxy) is 1. The van der Waals surface area contributed by atoms with E-state index in [9.17, 15) is 13.2 Å². The summed E-state index contributed by atoms with van der Waals surface area (Å²) in [5, 5.41) is 2.90. The summed E-state index contributed by atoms with van der Waals surface area (Å²) in [6, 6.07) is 13.3. The van der Waals surface area contributed by atoms with Gasteiger partial charge in [0.1, 0.15) is 5.75 Å². The van der Waals surface area contributed by atoms with E-state index in [2.05, 4.69) is 5.32 Å². The van der Waals surface area contributed by atoms with Crippen LogP contribution in [0.1, 0.15) is 22.0 Å². The van der Waals surface area contributed by atoms with Gasteiger partial charge in [-0.1, -0.05) is 16.6 Å². The van der Waals surface area contributed by atoms with Gasteiger partial charge >= 0.3 is 0 Å². The number of hydrogen-bond donors (Lipinski definition) is 1. The molecule has 0 aliphatic heterocycles. The van der Waals surface area contributed by atoms with E-state index in [0.29, 0.717) is 12.1 Å². The van der Waals surface area contributed by atoms with Gasteiger partial charge in [0.2, 0.25) is 0 Å². The zero-order valence-electron chi connectivity index (χ0n) is 17.2. The zero-order chi connectivity index (χ0) is 21.6. The average Bonchev–Trinajstić information content (AvgIpc) is 2.73. The van der Waals surface area contributed by atoms with E-state index in [-0.39, 0.29) is 16.8 Å². The number of methoxy groups -OCH3 is 1. The largest absolute Gasteiger partial charge is 0.497 e. The molecular weight excluding hydrogens is 394 g/mol. The van der Waals surface area contributed by atoms with E-state index in [1.165, 1.54) is 38.4 Å². The number of nitrogens with zero attached hydrogens (tertiary/aromatic N) is 2. The van der Waals surface area contributed by atoms with Crippen LogP contribution in [0.3, 0.4) is 0 Å². The topological polar surface area (TPSA) is 88.2 Å². The fourth-order valence-corrected chi connectivity index (χ4v) is 3.74. The minimum absolute atomic E-state index is 0.0425. The summed E-state index contributed by atoms with van der Waals surface area (Å²) in [7, 11) is 4.29. The summed E-state index contributed by atoms with van der Waals surface area (Å²) in [6.45, 7) is 0.380. The van der Waals surface area contributed by atoms with Gasteiger partial charge in [0.15, 0.2) is 0 Å². The van der Waals surface area contributed by atoms with Gasteiger partial charge in [0.05, 0.1) is 25.2 Å². The Bertz CT molecular complexity index is 929. The Morgan fingerprint density at radius 3 is 2.28 bits per heavy atom. The molecule has 1 atom stereocenters. The van der Waals surface area contributed by atoms with Crippen molar-refractivity contribution in [2.75, 3.05) is 41.9 Å². The maximum Gasteiger partial charge on any atom is 0.264 e. The number of carbonyl (C=O) groups excluding carboxylic acids is 1. The third-order valence-corrected chi connectivity index (χ3v) is 6.26. The van der Waals surface area contributed by atoms with E-state index >= 15 is 0 Å². The fourth-order valence-electron chi connectivity index (χ4n) is 2.76. The maximum absolute atomic E-state index is 12.5. The molecule has 158 valence electrons. The molecule has 0 bridgehead atoms. The molecule has 0 fully saturated rings. The molecule has 2 aromatic carbocycles. The van der Waals surface area contributed by atoms with Gasteiger partial charge in [0, 0.05) is 19.2 Å². The van der Waals surface area contributed by atoms with E-state index in [0.717, 1.165) is 15.8 Å². The lowest BCUT2D eigenvalue weighted by molar-refractivity contribution is -0.0258. The lowest BCUT2D eigenvalue weighted by Crippen LogP contribution is -2.34. The Morgan fingerprint density at radius 2 is 1.72 bits per heavy atom. The Hall–Kier alpha value is -2.46. The highest BCUT2D eigenvalue weighted by atomic mass is 32.2. The minimum Gasteiger partial charge on any atom is -0.497 e. The molecule has 2 aromatic rings. The molecule has 0 spiro atoms. The van der Waals surface area contributed by atoms with Gasteiger partial charge in [-0.3, -0.25) is 9.63 Å². The van der Waals surface area contributed by atoms with Gasteiger partial charge < -0.3 is 15.0 Å². The first-order chi connectivity index (χ1) is 13.7. The number of hydrogen-bond acceptors (Lipinski definition) is 6. The van der Waals surface area contributed by atoms with Crippen LogP contribution in [-0.4, -0.2) is 65.6 Å². The van der Waals surface area contributed by atoms with Crippen LogP contribution in [0.4, 0.5) is 0 Å². The standard InChI is InChI=1S/C20H27N3O5S/c1-22(2)19(16-7-6-8-17(13-16)27-4)14-21-20(24)15-9-11-18(12-10-15)29(25,26)23(3)28-5/h6-13,19H,14H2,1-5H3,(H,21,24). The van der Waals surface area contributed by atoms with Crippen LogP contribution in [0.2, 0.25) is 0 Å². The molecule has 0 aliphatic rings. The molecule has 0 heterocycles. The molecule has 0 saturated carbocycles. The molecule has 1 N–H and O–H groups in total. The second-order valence-corrected chi connectivity index (χ2v) is 8.52. The molecular formula is C20H27N3O5S. The van der Waals surface area contributed by atoms with E-state index < -0.39 is 10.0 Å². The molecule has 1 amide bonds. The van der Waals surface area contributed by atoms with Gasteiger partial charge in [-0.25, -0.2) is 8.42 Å². The first-order valence-electron chi connectivity index (χ1n) is 8.92. The number of carbonyl (C=O) groups is 1. The summed E-state index contributed by atoms with van der Waals surface area (Å²) in [4.78, 5) is 19.3. The number of likely N-dealkylation sites (N-methyl/N-ethyl adjacent to an activating group) is 1. The predicted molar refractivity (Wildman–Crippen MR) is 110 cm³/mol. The van der Waals surface area contributed by atoms with Crippen molar-refractivity contribution >= 4 is 15.9 Å². The summed E-state index contributed by atoms with van der Waals surface area (Å²) >= 11 is 0. The molecule has 29 heavy (non-hydrogen) atoms. The summed E-state index contributed by atoms with van der Waals surface area (Å²) in [5.74, 6) is 0.460. The van der Waals surface area contributed by atoms with Crippen LogP contribution in [0, 0.1) is 0 Å². The second kappa shape index (κ2) is 9.84. The lowest BCUT2D eigenvalue weighted by atomic mass is 10.1. The van der Waals surface area contributed by atoms with Crippen molar-refractivity contribution in [1.29, 1.82) is 0 Å². The van der Waals surface area contributed by atoms with Gasteiger partial charge in [-0.05, 0) is 56.1 Å². The Kier molecular flexibility index (Phi) is 7.74. The quantitative estimate of drug-likeness (QED) is 0.623. The van der Waals surface area contributed by atoms with Gasteiger partial charge in [-0.15, -0.1) is 0 Å². The van der Waals surface area contributed by atoms with Gasteiger partial charge in [-0.2, -0.15) is 0 Å². The van der Waals surface area contributed by atoms with Gasteiger partial charge in [0.25, 0.3) is 15.9 Å². The van der Waals surface area contributed by atoms with Crippen LogP contribution < -0.4 is 10.1 Å². The number of sulfonamides is 1. The number of amides is 1. The Labute approximate surface area is 172 Å². The second-order valence-electron chi connectivity index (χ2n) is 6.59. The number of nitrogens with one attached hydrogen (secondary N) is 1. The lowest BCUT2D eigenvalue weighted by Gasteiger charge is -2.25. The van der Waals surface area contributed by atoms with E-state index in [1.807, 2.05) is 43.3 Å². The normalized spacial score (nSPS) is 12.8. The van der Waals surface area contributed by atoms with Crippen molar-refractivity contribution in [3.05, 3.63) is 59.7 Å². The average molecular weight is 422 g/mol. The van der Waals surface area contributed by atoms with Crippen molar-refractivity contribution in [3.63, 3.8) is 0 Å². The molecule has 0 saturated heterocycles. The number of hydroxylamine groups is 1. The predicted octanol–water partition coefficient (Wildman–Crippen LogP) is 1.91. The Balaban J connectivity index is 2.10. The molecule has 0 aromatic heterocycles. The first kappa shape index (κ1) is 22.8. The SMILES string of the molecule is COc1cccc(C(CNC(=O)c2ccc(S(=O)(=O)N(C)OC)cc2)N(C)C)c1. The van der Waals surface area contributed by atoms with Crippen LogP contribution in [0.15, 0.2) is 53.4 Å². The highest BCUT2D eigenvalue weighted by Crippen LogP contribution is 2.22.